The van der Waals surface area contributed by atoms with E-state index in [9.17, 15) is 0 Å². The molecule has 0 atom stereocenters. The Bertz CT molecular complexity index is 760. The maximum Gasteiger partial charge on any atom is 0.150 e. The van der Waals surface area contributed by atoms with E-state index >= 15 is 0 Å². The van der Waals surface area contributed by atoms with Crippen LogP contribution in [0.3, 0.4) is 0 Å². The van der Waals surface area contributed by atoms with Crippen molar-refractivity contribution in [1.29, 1.82) is 0 Å². The van der Waals surface area contributed by atoms with Crippen molar-refractivity contribution in [2.24, 2.45) is 7.05 Å². The minimum absolute atomic E-state index is 0.802. The number of thiazole rings is 1. The van der Waals surface area contributed by atoms with E-state index in [4.69, 9.17) is 0 Å². The molecule has 0 unspecified atom stereocenters. The number of fused-ring (bicyclic) bond motifs is 1. The summed E-state index contributed by atoms with van der Waals surface area (Å²) in [7, 11) is 1.97. The van der Waals surface area contributed by atoms with Gasteiger partial charge in [-0.2, -0.15) is 5.10 Å². The lowest BCUT2D eigenvalue weighted by Gasteiger charge is -2.05. The summed E-state index contributed by atoms with van der Waals surface area (Å²) >= 11 is 3.43. The minimum atomic E-state index is 0.802. The second-order valence-electron chi connectivity index (χ2n) is 4.85. The van der Waals surface area contributed by atoms with Gasteiger partial charge >= 0.3 is 0 Å². The van der Waals surface area contributed by atoms with Gasteiger partial charge in [-0.15, -0.1) is 11.3 Å². The summed E-state index contributed by atoms with van der Waals surface area (Å²) in [5, 5.41) is 7.96. The Morgan fingerprint density at radius 1 is 1.38 bits per heavy atom. The first-order valence-corrected chi connectivity index (χ1v) is 8.93. The molecule has 1 aromatic carbocycles. The zero-order valence-corrected chi connectivity index (χ0v) is 14.0. The third-order valence-corrected chi connectivity index (χ3v) is 5.36. The number of aromatic nitrogens is 3. The molecule has 6 heteroatoms. The maximum atomic E-state index is 4.56. The summed E-state index contributed by atoms with van der Waals surface area (Å²) in [5.41, 5.74) is 4.62. The van der Waals surface area contributed by atoms with Gasteiger partial charge in [0.2, 0.25) is 0 Å². The van der Waals surface area contributed by atoms with Gasteiger partial charge in [0.1, 0.15) is 0 Å². The zero-order valence-electron chi connectivity index (χ0n) is 12.4. The van der Waals surface area contributed by atoms with Crippen molar-refractivity contribution in [3.8, 4) is 0 Å². The van der Waals surface area contributed by atoms with E-state index in [1.54, 1.807) is 23.1 Å². The predicted octanol–water partition coefficient (Wildman–Crippen LogP) is 3.93. The number of aryl methyl sites for hydroxylation is 2. The normalized spacial score (nSPS) is 11.2. The lowest BCUT2D eigenvalue weighted by Crippen LogP contribution is -2.00. The van der Waals surface area contributed by atoms with Gasteiger partial charge in [-0.25, -0.2) is 4.98 Å². The quantitative estimate of drug-likeness (QED) is 0.724. The number of anilines is 1. The Morgan fingerprint density at radius 3 is 3.00 bits per heavy atom. The first-order chi connectivity index (χ1) is 10.2. The van der Waals surface area contributed by atoms with Crippen molar-refractivity contribution in [1.82, 2.24) is 14.8 Å². The van der Waals surface area contributed by atoms with E-state index < -0.39 is 0 Å². The van der Waals surface area contributed by atoms with E-state index in [0.29, 0.717) is 0 Å². The topological polar surface area (TPSA) is 42.7 Å². The Kier molecular flexibility index (Phi) is 4.17. The van der Waals surface area contributed by atoms with Gasteiger partial charge in [-0.1, -0.05) is 18.7 Å². The van der Waals surface area contributed by atoms with Crippen molar-refractivity contribution >= 4 is 39.0 Å². The highest BCUT2D eigenvalue weighted by Crippen LogP contribution is 2.30. The number of rotatable bonds is 5. The van der Waals surface area contributed by atoms with E-state index in [1.807, 2.05) is 11.7 Å². The van der Waals surface area contributed by atoms with E-state index in [-0.39, 0.29) is 0 Å². The van der Waals surface area contributed by atoms with Crippen LogP contribution in [0.4, 0.5) is 5.69 Å². The van der Waals surface area contributed by atoms with Crippen LogP contribution in [0.25, 0.3) is 10.2 Å². The van der Waals surface area contributed by atoms with Crippen LogP contribution in [0, 0.1) is 0 Å². The fourth-order valence-electron chi connectivity index (χ4n) is 2.33. The van der Waals surface area contributed by atoms with Gasteiger partial charge in [0.15, 0.2) is 4.34 Å². The minimum Gasteiger partial charge on any atom is -0.381 e. The van der Waals surface area contributed by atoms with Crippen molar-refractivity contribution < 1.29 is 0 Å². The van der Waals surface area contributed by atoms with Crippen molar-refractivity contribution in [2.45, 2.75) is 24.2 Å². The Balaban J connectivity index is 1.78. The number of hydrogen-bond donors (Lipinski definition) is 1. The number of benzene rings is 1. The number of nitrogens with zero attached hydrogens (tertiary/aromatic N) is 3. The summed E-state index contributed by atoms with van der Waals surface area (Å²) < 4.78 is 4.22. The van der Waals surface area contributed by atoms with E-state index in [1.165, 1.54) is 10.3 Å². The average molecular weight is 318 g/mol. The largest absolute Gasteiger partial charge is 0.381 e. The zero-order chi connectivity index (χ0) is 14.8. The van der Waals surface area contributed by atoms with Crippen LogP contribution >= 0.6 is 23.1 Å². The second kappa shape index (κ2) is 6.07. The highest BCUT2D eigenvalue weighted by atomic mass is 32.2. The molecular weight excluding hydrogens is 300 g/mol. The van der Waals surface area contributed by atoms with Gasteiger partial charge in [-0.05, 0) is 30.9 Å². The third kappa shape index (κ3) is 3.06. The molecule has 4 nitrogen and oxygen atoms in total. The highest BCUT2D eigenvalue weighted by molar-refractivity contribution is 8.00. The van der Waals surface area contributed by atoms with Crippen molar-refractivity contribution in [3.05, 3.63) is 35.7 Å². The second-order valence-corrected chi connectivity index (χ2v) is 6.93. The highest BCUT2D eigenvalue weighted by Gasteiger charge is 2.07. The molecule has 0 saturated carbocycles. The summed E-state index contributed by atoms with van der Waals surface area (Å²) in [5.74, 6) is 0. The number of nitrogens with one attached hydrogen (secondary N) is 1. The lowest BCUT2D eigenvalue weighted by molar-refractivity contribution is 0.746. The Hall–Kier alpha value is -1.53. The molecule has 21 heavy (non-hydrogen) atoms. The molecule has 0 aliphatic carbocycles. The van der Waals surface area contributed by atoms with Gasteiger partial charge in [0.25, 0.3) is 0 Å². The summed E-state index contributed by atoms with van der Waals surface area (Å²) in [6.45, 7) is 2.94. The standard InChI is InChI=1S/C15H18N4S2/c1-4-12-10(9-19(2)18-12)8-16-11-5-6-13-14(7-11)21-15(17-13)20-3/h5-7,9,16H,4,8H2,1-3H3. The van der Waals surface area contributed by atoms with E-state index in [0.717, 1.165) is 34.2 Å². The molecule has 0 saturated heterocycles. The monoisotopic (exact) mass is 318 g/mol. The third-order valence-electron chi connectivity index (χ3n) is 3.35. The molecular formula is C15H18N4S2. The van der Waals surface area contributed by atoms with Crippen LogP contribution < -0.4 is 5.32 Å². The molecule has 0 aliphatic heterocycles. The molecule has 110 valence electrons. The molecule has 0 fully saturated rings. The van der Waals surface area contributed by atoms with Crippen LogP contribution in [0.2, 0.25) is 0 Å². The lowest BCUT2D eigenvalue weighted by atomic mass is 10.2. The molecule has 2 aromatic heterocycles. The molecule has 2 heterocycles. The SMILES string of the molecule is CCc1nn(C)cc1CNc1ccc2nc(SC)sc2c1. The number of hydrogen-bond acceptors (Lipinski definition) is 5. The average Bonchev–Trinajstić information content (AvgIpc) is 3.06. The number of thioether (sulfide) groups is 1. The van der Waals surface area contributed by atoms with Gasteiger partial charge in [0.05, 0.1) is 15.9 Å². The van der Waals surface area contributed by atoms with Crippen molar-refractivity contribution in [2.75, 3.05) is 11.6 Å². The molecule has 3 rings (SSSR count). The molecule has 3 aromatic rings. The molecule has 0 aliphatic rings. The predicted molar refractivity (Wildman–Crippen MR) is 91.3 cm³/mol. The van der Waals surface area contributed by atoms with Gasteiger partial charge in [0, 0.05) is 31.0 Å². The van der Waals surface area contributed by atoms with Gasteiger partial charge < -0.3 is 5.32 Å². The first kappa shape index (κ1) is 14.4. The Labute approximate surface area is 132 Å². The summed E-state index contributed by atoms with van der Waals surface area (Å²) in [6, 6.07) is 6.35. The smallest absolute Gasteiger partial charge is 0.150 e. The Morgan fingerprint density at radius 2 is 2.24 bits per heavy atom. The molecule has 0 bridgehead atoms. The van der Waals surface area contributed by atoms with E-state index in [2.05, 4.69) is 53.0 Å². The van der Waals surface area contributed by atoms with Crippen LogP contribution in [0.15, 0.2) is 28.7 Å². The first-order valence-electron chi connectivity index (χ1n) is 6.89. The van der Waals surface area contributed by atoms with Crippen LogP contribution in [-0.2, 0) is 20.0 Å². The van der Waals surface area contributed by atoms with Crippen LogP contribution in [0.1, 0.15) is 18.2 Å². The fourth-order valence-corrected chi connectivity index (χ4v) is 3.86. The fraction of sp³-hybridized carbons (Fsp3) is 0.333. The molecule has 0 radical (unpaired) electrons. The summed E-state index contributed by atoms with van der Waals surface area (Å²) in [6.07, 6.45) is 5.11. The van der Waals surface area contributed by atoms with Crippen LogP contribution in [-0.4, -0.2) is 21.0 Å². The maximum absolute atomic E-state index is 4.56. The van der Waals surface area contributed by atoms with Crippen molar-refractivity contribution in [3.63, 3.8) is 0 Å². The van der Waals surface area contributed by atoms with Gasteiger partial charge in [-0.3, -0.25) is 4.68 Å². The molecule has 1 N–H and O–H groups in total. The molecule has 0 amide bonds. The summed E-state index contributed by atoms with van der Waals surface area (Å²) in [4.78, 5) is 4.56. The van der Waals surface area contributed by atoms with Crippen LogP contribution in [0.5, 0.6) is 0 Å². The molecule has 0 spiro atoms.